The molecule has 14 heavy (non-hydrogen) atoms. The number of hydrogen-bond acceptors (Lipinski definition) is 2. The lowest BCUT2D eigenvalue weighted by molar-refractivity contribution is -0.121. The summed E-state index contributed by atoms with van der Waals surface area (Å²) in [6, 6.07) is 0.351. The third-order valence-corrected chi connectivity index (χ3v) is 2.55. The first-order valence-electron chi connectivity index (χ1n) is 5.47. The van der Waals surface area contributed by atoms with Crippen molar-refractivity contribution >= 4 is 5.91 Å². The average molecular weight is 196 g/mol. The molecular formula is C11H20N2O. The molecular weight excluding hydrogens is 176 g/mol. The van der Waals surface area contributed by atoms with Gasteiger partial charge in [0.15, 0.2) is 0 Å². The molecule has 0 spiro atoms. The number of carbonyl (C=O) groups is 1. The lowest BCUT2D eigenvalue weighted by Crippen LogP contribution is -2.43. The Balaban J connectivity index is 2.39. The highest BCUT2D eigenvalue weighted by Gasteiger charge is 2.21. The van der Waals surface area contributed by atoms with Gasteiger partial charge in [0, 0.05) is 18.2 Å². The Morgan fingerprint density at radius 1 is 1.64 bits per heavy atom. The maximum Gasteiger partial charge on any atom is 0.224 e. The SMILES string of the molecule is C/C=C1/NC(=O)CCC1NCCCC. The largest absolute Gasteiger partial charge is 0.329 e. The predicted octanol–water partition coefficient (Wildman–Crippen LogP) is 1.56. The number of hydrogen-bond donors (Lipinski definition) is 2. The van der Waals surface area contributed by atoms with E-state index >= 15 is 0 Å². The number of carbonyl (C=O) groups excluding carboxylic acids is 1. The minimum absolute atomic E-state index is 0.145. The summed E-state index contributed by atoms with van der Waals surface area (Å²) >= 11 is 0. The number of allylic oxidation sites excluding steroid dienone is 1. The fourth-order valence-corrected chi connectivity index (χ4v) is 1.68. The van der Waals surface area contributed by atoms with Gasteiger partial charge in [-0.05, 0) is 26.3 Å². The molecule has 1 heterocycles. The Kier molecular flexibility index (Phi) is 4.66. The van der Waals surface area contributed by atoms with Crippen molar-refractivity contribution in [3.8, 4) is 0 Å². The van der Waals surface area contributed by atoms with Crippen LogP contribution in [-0.4, -0.2) is 18.5 Å². The Hall–Kier alpha value is -0.830. The first kappa shape index (κ1) is 11.2. The quantitative estimate of drug-likeness (QED) is 0.670. The molecule has 1 amide bonds. The molecule has 3 heteroatoms. The molecule has 1 saturated heterocycles. The van der Waals surface area contributed by atoms with Crippen LogP contribution in [0.4, 0.5) is 0 Å². The summed E-state index contributed by atoms with van der Waals surface area (Å²) in [4.78, 5) is 11.1. The summed E-state index contributed by atoms with van der Waals surface area (Å²) in [5.41, 5.74) is 1.04. The van der Waals surface area contributed by atoms with Gasteiger partial charge < -0.3 is 10.6 Å². The minimum Gasteiger partial charge on any atom is -0.329 e. The van der Waals surface area contributed by atoms with E-state index in [0.29, 0.717) is 12.5 Å². The van der Waals surface area contributed by atoms with E-state index in [4.69, 9.17) is 0 Å². The Labute approximate surface area is 86.0 Å². The van der Waals surface area contributed by atoms with Crippen LogP contribution in [0.25, 0.3) is 0 Å². The molecule has 1 aliphatic heterocycles. The maximum atomic E-state index is 11.1. The molecule has 1 aliphatic rings. The van der Waals surface area contributed by atoms with Gasteiger partial charge in [0.2, 0.25) is 5.91 Å². The van der Waals surface area contributed by atoms with Gasteiger partial charge in [-0.15, -0.1) is 0 Å². The zero-order valence-corrected chi connectivity index (χ0v) is 9.10. The third kappa shape index (κ3) is 3.14. The second-order valence-corrected chi connectivity index (χ2v) is 3.69. The van der Waals surface area contributed by atoms with Crippen LogP contribution < -0.4 is 10.6 Å². The van der Waals surface area contributed by atoms with Crippen molar-refractivity contribution in [3.63, 3.8) is 0 Å². The predicted molar refractivity (Wildman–Crippen MR) is 57.8 cm³/mol. The first-order valence-corrected chi connectivity index (χ1v) is 5.47. The maximum absolute atomic E-state index is 11.1. The van der Waals surface area contributed by atoms with Crippen molar-refractivity contribution in [2.45, 2.75) is 45.6 Å². The summed E-state index contributed by atoms with van der Waals surface area (Å²) in [6.07, 6.45) is 5.95. The van der Waals surface area contributed by atoms with E-state index < -0.39 is 0 Å². The van der Waals surface area contributed by atoms with Crippen LogP contribution in [-0.2, 0) is 4.79 Å². The Bertz CT molecular complexity index is 223. The molecule has 1 unspecified atom stereocenters. The van der Waals surface area contributed by atoms with Crippen molar-refractivity contribution in [1.82, 2.24) is 10.6 Å². The fraction of sp³-hybridized carbons (Fsp3) is 0.727. The molecule has 0 aliphatic carbocycles. The zero-order valence-electron chi connectivity index (χ0n) is 9.10. The lowest BCUT2D eigenvalue weighted by atomic mass is 10.0. The van der Waals surface area contributed by atoms with Crippen LogP contribution in [0.1, 0.15) is 39.5 Å². The van der Waals surface area contributed by atoms with Gasteiger partial charge >= 0.3 is 0 Å². The summed E-state index contributed by atoms with van der Waals surface area (Å²) in [5, 5.41) is 6.36. The topological polar surface area (TPSA) is 41.1 Å². The Morgan fingerprint density at radius 3 is 3.07 bits per heavy atom. The molecule has 0 saturated carbocycles. The van der Waals surface area contributed by atoms with Crippen LogP contribution >= 0.6 is 0 Å². The number of rotatable bonds is 4. The Morgan fingerprint density at radius 2 is 2.43 bits per heavy atom. The van der Waals surface area contributed by atoms with Crippen LogP contribution in [0, 0.1) is 0 Å². The highest BCUT2D eigenvalue weighted by molar-refractivity contribution is 5.79. The van der Waals surface area contributed by atoms with Gasteiger partial charge in [-0.3, -0.25) is 4.79 Å². The molecule has 1 rings (SSSR count). The van der Waals surface area contributed by atoms with E-state index in [2.05, 4.69) is 17.6 Å². The third-order valence-electron chi connectivity index (χ3n) is 2.55. The summed E-state index contributed by atoms with van der Waals surface area (Å²) in [6.45, 7) is 5.19. The molecule has 1 fully saturated rings. The second-order valence-electron chi connectivity index (χ2n) is 3.69. The van der Waals surface area contributed by atoms with Crippen molar-refractivity contribution in [1.29, 1.82) is 0 Å². The highest BCUT2D eigenvalue weighted by atomic mass is 16.1. The number of piperidine rings is 1. The van der Waals surface area contributed by atoms with Crippen LogP contribution in [0.15, 0.2) is 11.8 Å². The van der Waals surface area contributed by atoms with Crippen molar-refractivity contribution < 1.29 is 4.79 Å². The number of unbranched alkanes of at least 4 members (excludes halogenated alkanes) is 1. The average Bonchev–Trinajstić information content (AvgIpc) is 2.20. The van der Waals surface area contributed by atoms with Crippen LogP contribution in [0.5, 0.6) is 0 Å². The van der Waals surface area contributed by atoms with E-state index in [-0.39, 0.29) is 5.91 Å². The van der Waals surface area contributed by atoms with Gasteiger partial charge in [-0.2, -0.15) is 0 Å². The summed E-state index contributed by atoms with van der Waals surface area (Å²) in [5.74, 6) is 0.145. The van der Waals surface area contributed by atoms with Gasteiger partial charge in [-0.25, -0.2) is 0 Å². The van der Waals surface area contributed by atoms with Crippen LogP contribution in [0.3, 0.4) is 0 Å². The van der Waals surface area contributed by atoms with Gasteiger partial charge in [0.05, 0.1) is 0 Å². The van der Waals surface area contributed by atoms with Gasteiger partial charge in [0.25, 0.3) is 0 Å². The van der Waals surface area contributed by atoms with E-state index in [1.165, 1.54) is 12.8 Å². The highest BCUT2D eigenvalue weighted by Crippen LogP contribution is 2.12. The second kappa shape index (κ2) is 5.81. The summed E-state index contributed by atoms with van der Waals surface area (Å²) < 4.78 is 0. The van der Waals surface area contributed by atoms with Crippen molar-refractivity contribution in [2.24, 2.45) is 0 Å². The molecule has 2 N–H and O–H groups in total. The number of nitrogens with one attached hydrogen (secondary N) is 2. The standard InChI is InChI=1S/C11H20N2O/c1-3-5-8-12-10-6-7-11(14)13-9(10)4-2/h4,10,12H,3,5-8H2,1-2H3,(H,13,14)/b9-4+. The van der Waals surface area contributed by atoms with Gasteiger partial charge in [-0.1, -0.05) is 19.4 Å². The molecule has 0 bridgehead atoms. The van der Waals surface area contributed by atoms with E-state index in [9.17, 15) is 4.79 Å². The normalized spacial score (nSPS) is 25.1. The van der Waals surface area contributed by atoms with E-state index in [1.807, 2.05) is 13.0 Å². The molecule has 3 nitrogen and oxygen atoms in total. The lowest BCUT2D eigenvalue weighted by Gasteiger charge is -2.26. The molecule has 0 radical (unpaired) electrons. The molecule has 0 aromatic heterocycles. The monoisotopic (exact) mass is 196 g/mol. The molecule has 80 valence electrons. The minimum atomic E-state index is 0.145. The van der Waals surface area contributed by atoms with Crippen molar-refractivity contribution in [3.05, 3.63) is 11.8 Å². The number of amides is 1. The first-order chi connectivity index (χ1) is 6.77. The molecule has 0 aromatic carbocycles. The van der Waals surface area contributed by atoms with E-state index in [0.717, 1.165) is 18.7 Å². The molecule has 1 atom stereocenters. The van der Waals surface area contributed by atoms with Gasteiger partial charge in [0.1, 0.15) is 0 Å². The fourth-order valence-electron chi connectivity index (χ4n) is 1.68. The zero-order chi connectivity index (χ0) is 10.4. The van der Waals surface area contributed by atoms with E-state index in [1.54, 1.807) is 0 Å². The van der Waals surface area contributed by atoms with Crippen LogP contribution in [0.2, 0.25) is 0 Å². The molecule has 0 aromatic rings. The van der Waals surface area contributed by atoms with Crippen molar-refractivity contribution in [2.75, 3.05) is 6.54 Å². The smallest absolute Gasteiger partial charge is 0.224 e. The summed E-state index contributed by atoms with van der Waals surface area (Å²) in [7, 11) is 0.